The number of rotatable bonds is 4. The minimum Gasteiger partial charge on any atom is -0.271 e. The lowest BCUT2D eigenvalue weighted by molar-refractivity contribution is 0.527. The molecule has 0 aromatic heterocycles. The van der Waals surface area contributed by atoms with Crippen LogP contribution in [0.3, 0.4) is 0 Å². The van der Waals surface area contributed by atoms with E-state index in [0.717, 1.165) is 10.7 Å². The molecule has 9 heteroatoms. The van der Waals surface area contributed by atoms with Crippen LogP contribution in [0, 0.1) is 0 Å². The lowest BCUT2D eigenvalue weighted by Gasteiger charge is -2.28. The van der Waals surface area contributed by atoms with E-state index in [1.165, 1.54) is 24.5 Å². The van der Waals surface area contributed by atoms with E-state index in [1.807, 2.05) is 0 Å². The minimum absolute atomic E-state index is 0.126. The molecular formula is C12H19N3O4S2. The second-order valence-electron chi connectivity index (χ2n) is 5.04. The van der Waals surface area contributed by atoms with Crippen LogP contribution in [0.4, 0.5) is 11.4 Å². The van der Waals surface area contributed by atoms with Crippen molar-refractivity contribution in [2.75, 3.05) is 35.4 Å². The lowest BCUT2D eigenvalue weighted by atomic mass is 10.2. The first-order valence-electron chi connectivity index (χ1n) is 6.53. The molecule has 0 amide bonds. The molecule has 0 unspecified atom stereocenters. The molecule has 0 spiro atoms. The van der Waals surface area contributed by atoms with Gasteiger partial charge in [0.1, 0.15) is 0 Å². The zero-order valence-corrected chi connectivity index (χ0v) is 13.6. The van der Waals surface area contributed by atoms with Crippen LogP contribution in [-0.4, -0.2) is 47.5 Å². The third-order valence-corrected chi connectivity index (χ3v) is 6.54. The van der Waals surface area contributed by atoms with E-state index in [9.17, 15) is 16.8 Å². The Morgan fingerprint density at radius 3 is 2.57 bits per heavy atom. The predicted octanol–water partition coefficient (Wildman–Crippen LogP) is 0.835. The van der Waals surface area contributed by atoms with Crippen molar-refractivity contribution in [3.63, 3.8) is 0 Å². The van der Waals surface area contributed by atoms with Crippen molar-refractivity contribution in [1.29, 1.82) is 0 Å². The van der Waals surface area contributed by atoms with Gasteiger partial charge in [0.2, 0.25) is 10.0 Å². The van der Waals surface area contributed by atoms with E-state index in [1.54, 1.807) is 18.2 Å². The Morgan fingerprint density at radius 1 is 1.24 bits per heavy atom. The van der Waals surface area contributed by atoms with Crippen LogP contribution in [0.25, 0.3) is 0 Å². The summed E-state index contributed by atoms with van der Waals surface area (Å²) in [6.45, 7) is 0.423. The molecule has 1 heterocycles. The SMILES string of the molecule is CN(C)S(=O)(=O)Nc1cccc(N2CCCCS2(=O)=O)c1. The molecule has 0 bridgehead atoms. The number of sulfonamides is 1. The molecule has 1 saturated heterocycles. The highest BCUT2D eigenvalue weighted by Crippen LogP contribution is 2.26. The quantitative estimate of drug-likeness (QED) is 0.884. The van der Waals surface area contributed by atoms with Gasteiger partial charge in [0, 0.05) is 20.6 Å². The molecule has 21 heavy (non-hydrogen) atoms. The summed E-state index contributed by atoms with van der Waals surface area (Å²) in [5.74, 6) is 0.126. The first kappa shape index (κ1) is 16.1. The van der Waals surface area contributed by atoms with Gasteiger partial charge in [-0.1, -0.05) is 6.07 Å². The fourth-order valence-corrected chi connectivity index (χ4v) is 4.28. The summed E-state index contributed by atoms with van der Waals surface area (Å²) in [5, 5.41) is 0. The Hall–Kier alpha value is -1.32. The van der Waals surface area contributed by atoms with Crippen LogP contribution in [0.2, 0.25) is 0 Å². The Morgan fingerprint density at radius 2 is 1.95 bits per heavy atom. The van der Waals surface area contributed by atoms with Gasteiger partial charge in [-0.05, 0) is 31.0 Å². The normalized spacial score (nSPS) is 18.7. The molecule has 0 aliphatic carbocycles. The summed E-state index contributed by atoms with van der Waals surface area (Å²) < 4.78 is 52.5. The maximum atomic E-state index is 12.1. The molecule has 0 atom stereocenters. The van der Waals surface area contributed by atoms with Crippen molar-refractivity contribution in [3.8, 4) is 0 Å². The van der Waals surface area contributed by atoms with Gasteiger partial charge in [-0.25, -0.2) is 8.42 Å². The highest BCUT2D eigenvalue weighted by atomic mass is 32.2. The third-order valence-electron chi connectivity index (χ3n) is 3.21. The van der Waals surface area contributed by atoms with Crippen LogP contribution in [0.5, 0.6) is 0 Å². The standard InChI is InChI=1S/C12H19N3O4S2/c1-14(2)21(18,19)13-11-6-5-7-12(10-11)15-8-3-4-9-20(15,16)17/h5-7,10,13H,3-4,8-9H2,1-2H3. The topological polar surface area (TPSA) is 86.8 Å². The van der Waals surface area contributed by atoms with Gasteiger partial charge in [-0.2, -0.15) is 12.7 Å². The van der Waals surface area contributed by atoms with E-state index in [0.29, 0.717) is 24.3 Å². The minimum atomic E-state index is -3.61. The molecule has 118 valence electrons. The summed E-state index contributed by atoms with van der Waals surface area (Å²) in [6, 6.07) is 6.41. The van der Waals surface area contributed by atoms with Crippen molar-refractivity contribution < 1.29 is 16.8 Å². The maximum Gasteiger partial charge on any atom is 0.301 e. The van der Waals surface area contributed by atoms with Crippen molar-refractivity contribution in [3.05, 3.63) is 24.3 Å². The van der Waals surface area contributed by atoms with E-state index in [4.69, 9.17) is 0 Å². The van der Waals surface area contributed by atoms with Crippen LogP contribution < -0.4 is 9.03 Å². The molecule has 1 aromatic rings. The first-order chi connectivity index (χ1) is 9.72. The Kier molecular flexibility index (Phi) is 4.45. The average molecular weight is 333 g/mol. The molecule has 2 rings (SSSR count). The van der Waals surface area contributed by atoms with Crippen molar-refractivity contribution in [2.24, 2.45) is 0 Å². The molecule has 7 nitrogen and oxygen atoms in total. The first-order valence-corrected chi connectivity index (χ1v) is 9.58. The van der Waals surface area contributed by atoms with Gasteiger partial charge in [0.15, 0.2) is 0 Å². The summed E-state index contributed by atoms with van der Waals surface area (Å²) in [7, 11) is -4.08. The lowest BCUT2D eigenvalue weighted by Crippen LogP contribution is -2.37. The average Bonchev–Trinajstić information content (AvgIpc) is 2.37. The monoisotopic (exact) mass is 333 g/mol. The van der Waals surface area contributed by atoms with Gasteiger partial charge >= 0.3 is 10.2 Å². The summed E-state index contributed by atoms with van der Waals surface area (Å²) in [5.41, 5.74) is 0.815. The molecular weight excluding hydrogens is 314 g/mol. The second-order valence-corrected chi connectivity index (χ2v) is 8.93. The van der Waals surface area contributed by atoms with Crippen molar-refractivity contribution >= 4 is 31.6 Å². The molecule has 0 saturated carbocycles. The zero-order chi connectivity index (χ0) is 15.7. The maximum absolute atomic E-state index is 12.1. The highest BCUT2D eigenvalue weighted by molar-refractivity contribution is 7.92. The number of nitrogens with one attached hydrogen (secondary N) is 1. The molecule has 1 N–H and O–H groups in total. The smallest absolute Gasteiger partial charge is 0.271 e. The summed E-state index contributed by atoms with van der Waals surface area (Å²) >= 11 is 0. The fourth-order valence-electron chi connectivity index (χ4n) is 2.04. The highest BCUT2D eigenvalue weighted by Gasteiger charge is 2.26. The molecule has 1 aliphatic rings. The van der Waals surface area contributed by atoms with Crippen LogP contribution in [0.1, 0.15) is 12.8 Å². The van der Waals surface area contributed by atoms with Crippen LogP contribution >= 0.6 is 0 Å². The number of hydrogen-bond donors (Lipinski definition) is 1. The van der Waals surface area contributed by atoms with E-state index < -0.39 is 20.2 Å². The summed E-state index contributed by atoms with van der Waals surface area (Å²) in [4.78, 5) is 0. The fraction of sp³-hybridized carbons (Fsp3) is 0.500. The molecule has 1 aliphatic heterocycles. The van der Waals surface area contributed by atoms with E-state index >= 15 is 0 Å². The zero-order valence-electron chi connectivity index (χ0n) is 12.0. The summed E-state index contributed by atoms with van der Waals surface area (Å²) in [6.07, 6.45) is 1.46. The Balaban J connectivity index is 2.30. The van der Waals surface area contributed by atoms with Gasteiger partial charge in [-0.15, -0.1) is 0 Å². The second kappa shape index (κ2) is 5.82. The van der Waals surface area contributed by atoms with Gasteiger partial charge < -0.3 is 0 Å². The van der Waals surface area contributed by atoms with Crippen molar-refractivity contribution in [2.45, 2.75) is 12.8 Å². The van der Waals surface area contributed by atoms with Gasteiger partial charge in [-0.3, -0.25) is 9.03 Å². The predicted molar refractivity (Wildman–Crippen MR) is 83.0 cm³/mol. The number of hydrogen-bond acceptors (Lipinski definition) is 4. The van der Waals surface area contributed by atoms with E-state index in [2.05, 4.69) is 4.72 Å². The van der Waals surface area contributed by atoms with Gasteiger partial charge in [0.05, 0.1) is 17.1 Å². The molecule has 0 radical (unpaired) electrons. The van der Waals surface area contributed by atoms with Crippen molar-refractivity contribution in [1.82, 2.24) is 4.31 Å². The number of nitrogens with zero attached hydrogens (tertiary/aromatic N) is 2. The number of anilines is 2. The molecule has 1 fully saturated rings. The molecule has 1 aromatic carbocycles. The van der Waals surface area contributed by atoms with Gasteiger partial charge in [0.25, 0.3) is 0 Å². The largest absolute Gasteiger partial charge is 0.301 e. The van der Waals surface area contributed by atoms with Crippen LogP contribution in [-0.2, 0) is 20.2 Å². The van der Waals surface area contributed by atoms with E-state index in [-0.39, 0.29) is 5.75 Å². The van der Waals surface area contributed by atoms with Crippen LogP contribution in [0.15, 0.2) is 24.3 Å². The Labute approximate surface area is 125 Å². The third kappa shape index (κ3) is 3.66. The Bertz CT molecular complexity index is 714. The number of benzene rings is 1.